The van der Waals surface area contributed by atoms with Gasteiger partial charge in [-0.15, -0.1) is 11.3 Å². The maximum atomic E-state index is 13.3. The monoisotopic (exact) mass is 369 g/mol. The quantitative estimate of drug-likeness (QED) is 0.718. The number of carbonyl (C=O) groups excluding carboxylic acids is 1. The zero-order chi connectivity index (χ0) is 17.9. The van der Waals surface area contributed by atoms with Crippen LogP contribution in [0.1, 0.15) is 42.6 Å². The van der Waals surface area contributed by atoms with Gasteiger partial charge in [-0.3, -0.25) is 4.79 Å². The summed E-state index contributed by atoms with van der Waals surface area (Å²) in [5.74, 6) is -0.441. The lowest BCUT2D eigenvalue weighted by Crippen LogP contribution is -2.37. The molecule has 0 unspecified atom stereocenters. The number of rotatable bonds is 4. The number of hydrogen-bond acceptors (Lipinski definition) is 3. The molecule has 0 atom stereocenters. The van der Waals surface area contributed by atoms with E-state index < -0.39 is 0 Å². The molecule has 0 radical (unpaired) electrons. The maximum absolute atomic E-state index is 13.3. The first-order chi connectivity index (χ1) is 12.7. The molecule has 2 aromatic heterocycles. The second-order valence-corrected chi connectivity index (χ2v) is 7.54. The van der Waals surface area contributed by atoms with Gasteiger partial charge in [-0.2, -0.15) is 5.10 Å². The van der Waals surface area contributed by atoms with Crippen LogP contribution in [0.5, 0.6) is 0 Å². The zero-order valence-corrected chi connectivity index (χ0v) is 15.1. The zero-order valence-electron chi connectivity index (χ0n) is 14.3. The van der Waals surface area contributed by atoms with Crippen LogP contribution in [0.4, 0.5) is 4.39 Å². The van der Waals surface area contributed by atoms with E-state index >= 15 is 0 Å². The van der Waals surface area contributed by atoms with E-state index in [1.54, 1.807) is 28.2 Å². The van der Waals surface area contributed by atoms with Crippen LogP contribution in [0, 0.1) is 5.82 Å². The molecule has 134 valence electrons. The minimum atomic E-state index is -0.312. The third kappa shape index (κ3) is 3.55. The molecule has 4 nitrogen and oxygen atoms in total. The van der Waals surface area contributed by atoms with Gasteiger partial charge in [-0.05, 0) is 54.6 Å². The van der Waals surface area contributed by atoms with Gasteiger partial charge in [-0.1, -0.05) is 25.3 Å². The molecule has 1 amide bonds. The summed E-state index contributed by atoms with van der Waals surface area (Å²) in [6, 6.07) is 12.0. The molecule has 26 heavy (non-hydrogen) atoms. The Bertz CT molecular complexity index is 880. The average Bonchev–Trinajstić information content (AvgIpc) is 3.33. The van der Waals surface area contributed by atoms with E-state index in [4.69, 9.17) is 0 Å². The normalized spacial score (nSPS) is 15.1. The fourth-order valence-electron chi connectivity index (χ4n) is 3.37. The summed E-state index contributed by atoms with van der Waals surface area (Å²) in [5.41, 5.74) is 1.90. The number of thiophene rings is 1. The van der Waals surface area contributed by atoms with Crippen molar-refractivity contribution in [3.05, 3.63) is 59.4 Å². The summed E-state index contributed by atoms with van der Waals surface area (Å²) in [5, 5.41) is 9.74. The molecule has 1 fully saturated rings. The lowest BCUT2D eigenvalue weighted by atomic mass is 9.95. The van der Waals surface area contributed by atoms with Gasteiger partial charge in [0.2, 0.25) is 0 Å². The van der Waals surface area contributed by atoms with Gasteiger partial charge >= 0.3 is 0 Å². The first-order valence-corrected chi connectivity index (χ1v) is 9.79. The second-order valence-electron chi connectivity index (χ2n) is 6.59. The van der Waals surface area contributed by atoms with Crippen LogP contribution in [-0.2, 0) is 0 Å². The molecule has 4 rings (SSSR count). The van der Waals surface area contributed by atoms with Crippen LogP contribution in [0.2, 0.25) is 0 Å². The Morgan fingerprint density at radius 2 is 1.92 bits per heavy atom. The van der Waals surface area contributed by atoms with E-state index in [-0.39, 0.29) is 17.8 Å². The number of aromatic nitrogens is 2. The van der Waals surface area contributed by atoms with Crippen LogP contribution in [0.15, 0.2) is 47.8 Å². The molecule has 3 aromatic rings. The minimum absolute atomic E-state index is 0.128. The maximum Gasteiger partial charge on any atom is 0.270 e. The summed E-state index contributed by atoms with van der Waals surface area (Å²) >= 11 is 1.58. The molecule has 1 aromatic carbocycles. The number of hydrogen-bond donors (Lipinski definition) is 1. The van der Waals surface area contributed by atoms with Crippen molar-refractivity contribution < 1.29 is 9.18 Å². The Hall–Kier alpha value is -2.47. The summed E-state index contributed by atoms with van der Waals surface area (Å²) in [7, 11) is 0. The highest BCUT2D eigenvalue weighted by molar-refractivity contribution is 7.13. The summed E-state index contributed by atoms with van der Waals surface area (Å²) in [4.78, 5) is 13.9. The Kier molecular flexibility index (Phi) is 4.84. The highest BCUT2D eigenvalue weighted by Crippen LogP contribution is 2.26. The van der Waals surface area contributed by atoms with Crippen molar-refractivity contribution in [3.63, 3.8) is 0 Å². The van der Waals surface area contributed by atoms with Gasteiger partial charge in [0.25, 0.3) is 5.91 Å². The van der Waals surface area contributed by atoms with Gasteiger partial charge in [0.1, 0.15) is 17.2 Å². The summed E-state index contributed by atoms with van der Waals surface area (Å²) < 4.78 is 14.9. The third-order valence-corrected chi connectivity index (χ3v) is 5.62. The topological polar surface area (TPSA) is 46.9 Å². The smallest absolute Gasteiger partial charge is 0.270 e. The molecule has 2 heterocycles. The molecule has 1 N–H and O–H groups in total. The Morgan fingerprint density at radius 1 is 1.15 bits per heavy atom. The van der Waals surface area contributed by atoms with Crippen molar-refractivity contribution in [1.29, 1.82) is 0 Å². The van der Waals surface area contributed by atoms with Gasteiger partial charge < -0.3 is 5.32 Å². The van der Waals surface area contributed by atoms with E-state index in [1.807, 2.05) is 23.6 Å². The van der Waals surface area contributed by atoms with E-state index in [0.717, 1.165) is 36.3 Å². The molecule has 0 saturated heterocycles. The second kappa shape index (κ2) is 7.41. The van der Waals surface area contributed by atoms with Crippen LogP contribution in [0.3, 0.4) is 0 Å². The van der Waals surface area contributed by atoms with Crippen molar-refractivity contribution in [2.45, 2.75) is 38.1 Å². The van der Waals surface area contributed by atoms with E-state index in [2.05, 4.69) is 10.4 Å². The van der Waals surface area contributed by atoms with Gasteiger partial charge in [-0.25, -0.2) is 9.07 Å². The van der Waals surface area contributed by atoms with E-state index in [0.29, 0.717) is 11.4 Å². The molecule has 6 heteroatoms. The first kappa shape index (κ1) is 17.0. The molecule has 0 aliphatic heterocycles. The van der Waals surface area contributed by atoms with Gasteiger partial charge in [0.15, 0.2) is 0 Å². The number of benzene rings is 1. The van der Waals surface area contributed by atoms with Crippen LogP contribution >= 0.6 is 11.3 Å². The van der Waals surface area contributed by atoms with Crippen LogP contribution < -0.4 is 5.32 Å². The number of carbonyl (C=O) groups is 1. The standard InChI is InChI=1S/C20H20FN3OS/c21-14-8-10-16(11-9-14)24-18(13-17(23-24)19-7-4-12-26-19)20(25)22-15-5-2-1-3-6-15/h4,7-13,15H,1-3,5-6H2,(H,22,25). The number of nitrogens with zero attached hydrogens (tertiary/aromatic N) is 2. The highest BCUT2D eigenvalue weighted by Gasteiger charge is 2.22. The van der Waals surface area contributed by atoms with Crippen molar-refractivity contribution in [3.8, 4) is 16.3 Å². The average molecular weight is 369 g/mol. The summed E-state index contributed by atoms with van der Waals surface area (Å²) in [6.45, 7) is 0. The van der Waals surface area contributed by atoms with E-state index in [9.17, 15) is 9.18 Å². The lowest BCUT2D eigenvalue weighted by Gasteiger charge is -2.22. The van der Waals surface area contributed by atoms with Crippen LogP contribution in [-0.4, -0.2) is 21.7 Å². The Morgan fingerprint density at radius 3 is 2.62 bits per heavy atom. The van der Waals surface area contributed by atoms with Gasteiger partial charge in [0.05, 0.1) is 10.6 Å². The molecular formula is C20H20FN3OS. The lowest BCUT2D eigenvalue weighted by molar-refractivity contribution is 0.0920. The highest BCUT2D eigenvalue weighted by atomic mass is 32.1. The summed E-state index contributed by atoms with van der Waals surface area (Å²) in [6.07, 6.45) is 5.59. The number of halogens is 1. The number of nitrogens with one attached hydrogen (secondary N) is 1. The minimum Gasteiger partial charge on any atom is -0.348 e. The van der Waals surface area contributed by atoms with Crippen molar-refractivity contribution in [2.24, 2.45) is 0 Å². The molecule has 1 aliphatic rings. The fraction of sp³-hybridized carbons (Fsp3) is 0.300. The van der Waals surface area contributed by atoms with Crippen LogP contribution in [0.25, 0.3) is 16.3 Å². The molecule has 1 saturated carbocycles. The molecule has 1 aliphatic carbocycles. The van der Waals surface area contributed by atoms with Crippen molar-refractivity contribution >= 4 is 17.2 Å². The van der Waals surface area contributed by atoms with Gasteiger partial charge in [0, 0.05) is 6.04 Å². The molecular weight excluding hydrogens is 349 g/mol. The Labute approximate surface area is 155 Å². The van der Waals surface area contributed by atoms with Crippen molar-refractivity contribution in [1.82, 2.24) is 15.1 Å². The first-order valence-electron chi connectivity index (χ1n) is 8.91. The van der Waals surface area contributed by atoms with E-state index in [1.165, 1.54) is 18.6 Å². The SMILES string of the molecule is O=C(NC1CCCCC1)c1cc(-c2cccs2)nn1-c1ccc(F)cc1. The molecule has 0 spiro atoms. The largest absolute Gasteiger partial charge is 0.348 e. The van der Waals surface area contributed by atoms with Crippen molar-refractivity contribution in [2.75, 3.05) is 0 Å². The molecule has 0 bridgehead atoms. The third-order valence-electron chi connectivity index (χ3n) is 4.73. The Balaban J connectivity index is 1.69. The predicted octanol–water partition coefficient (Wildman–Crippen LogP) is 4.80. The predicted molar refractivity (Wildman–Crippen MR) is 101 cm³/mol. The fourth-order valence-corrected chi connectivity index (χ4v) is 4.05. The number of amides is 1.